The lowest BCUT2D eigenvalue weighted by Crippen LogP contribution is -2.28. The van der Waals surface area contributed by atoms with Gasteiger partial charge in [-0.2, -0.15) is 5.26 Å². The summed E-state index contributed by atoms with van der Waals surface area (Å²) in [5.74, 6) is 0. The SMILES string of the molecule is CC1(C)c2ccccc2-c2cc(-n3c4ccccc4c4cc(-c5ccc6c(c5)c5ccccc5n6-c5ccc(C#N)cc5)ccc43)ccc21.[C-]#[N+]c1cccc(-n2c3ccccc3c3cc(-c4ccc5c(c4)c4ccccc4n5-c4ccc5c(c4)-c4ccccc4C5(c4ccccc4)c4ccccc4)ccc32)c1. The van der Waals surface area contributed by atoms with Gasteiger partial charge in [-0.3, -0.25) is 0 Å². The average Bonchev–Trinajstić information content (AvgIpc) is 1.54. The molecular weight excluding hydrogens is 1310 g/mol. The second-order valence-electron chi connectivity index (χ2n) is 29.3. The van der Waals surface area contributed by atoms with Crippen molar-refractivity contribution in [2.75, 3.05) is 0 Å². The molecular formula is C102H66N6. The topological polar surface area (TPSA) is 47.9 Å². The summed E-state index contributed by atoms with van der Waals surface area (Å²) in [5.41, 5.74) is 32.4. The fraction of sp³-hybridized carbons (Fsp3) is 0.0392. The lowest BCUT2D eigenvalue weighted by atomic mass is 9.68. The molecule has 20 aromatic rings. The monoisotopic (exact) mass is 1370 g/mol. The van der Waals surface area contributed by atoms with E-state index in [2.05, 4.69) is 365 Å². The molecule has 0 fully saturated rings. The molecule has 6 heteroatoms. The van der Waals surface area contributed by atoms with Crippen molar-refractivity contribution < 1.29 is 0 Å². The number of benzene rings is 16. The van der Waals surface area contributed by atoms with Crippen molar-refractivity contribution >= 4 is 92.9 Å². The van der Waals surface area contributed by atoms with Crippen LogP contribution in [0.5, 0.6) is 0 Å². The first-order chi connectivity index (χ1) is 53.2. The van der Waals surface area contributed by atoms with E-state index in [1.165, 1.54) is 149 Å². The van der Waals surface area contributed by atoms with Gasteiger partial charge in [0.05, 0.1) is 67.8 Å². The van der Waals surface area contributed by atoms with E-state index in [-0.39, 0.29) is 5.41 Å². The van der Waals surface area contributed by atoms with Crippen LogP contribution in [0.3, 0.4) is 0 Å². The number of rotatable bonds is 8. The lowest BCUT2D eigenvalue weighted by Gasteiger charge is -2.33. The molecule has 6 nitrogen and oxygen atoms in total. The van der Waals surface area contributed by atoms with Gasteiger partial charge in [0, 0.05) is 71.3 Å². The van der Waals surface area contributed by atoms with Gasteiger partial charge in [-0.25, -0.2) is 4.85 Å². The molecule has 0 radical (unpaired) electrons. The molecule has 16 aromatic carbocycles. The van der Waals surface area contributed by atoms with Gasteiger partial charge in [0.2, 0.25) is 0 Å². The van der Waals surface area contributed by atoms with Crippen LogP contribution in [0, 0.1) is 17.9 Å². The molecule has 2 aliphatic rings. The van der Waals surface area contributed by atoms with Crippen molar-refractivity contribution in [2.45, 2.75) is 24.7 Å². The Kier molecular flexibility index (Phi) is 13.9. The molecule has 0 unspecified atom stereocenters. The summed E-state index contributed by atoms with van der Waals surface area (Å²) in [6.45, 7) is 12.3. The molecule has 22 rings (SSSR count). The van der Waals surface area contributed by atoms with Crippen LogP contribution in [-0.4, -0.2) is 18.3 Å². The summed E-state index contributed by atoms with van der Waals surface area (Å²) in [6.07, 6.45) is 0. The Morgan fingerprint density at radius 3 is 1.05 bits per heavy atom. The molecule has 0 bridgehead atoms. The van der Waals surface area contributed by atoms with Gasteiger partial charge >= 0.3 is 0 Å². The second-order valence-corrected chi connectivity index (χ2v) is 29.3. The zero-order chi connectivity index (χ0) is 71.9. The van der Waals surface area contributed by atoms with Crippen molar-refractivity contribution in [3.8, 4) is 73.3 Å². The zero-order valence-corrected chi connectivity index (χ0v) is 59.3. The summed E-state index contributed by atoms with van der Waals surface area (Å²) >= 11 is 0. The number of hydrogen-bond acceptors (Lipinski definition) is 1. The molecule has 0 saturated carbocycles. The minimum Gasteiger partial charge on any atom is -0.311 e. The Morgan fingerprint density at radius 2 is 0.602 bits per heavy atom. The van der Waals surface area contributed by atoms with Crippen LogP contribution in [0.4, 0.5) is 5.69 Å². The van der Waals surface area contributed by atoms with Crippen LogP contribution in [0.25, 0.3) is 159 Å². The third kappa shape index (κ3) is 9.24. The Hall–Kier alpha value is -14.3. The largest absolute Gasteiger partial charge is 0.311 e. The third-order valence-corrected chi connectivity index (χ3v) is 23.4. The standard InChI is InChI=1S/C56H35N3.C46H31N3/c1-57-41-19-14-20-42(35-41)58-52-25-12-9-22-45(52)48-33-37(27-31-54(48)58)38-28-32-55-49(34-38)46-23-10-13-26-53(46)59(55)43-29-30-51-47(36-43)44-21-8-11-24-50(44)56(51,39-15-4-2-5-16-39)40-17-6-3-7-18-40;1-46(2)40-12-6-3-9-34(40)37-27-33(21-22-41(37)46)49-43-14-8-5-11-36(43)39-26-31(18-24-45(39)49)30-17-23-44-38(25-30)35-10-4-7-13-42(35)48(44)32-19-15-29(28-47)16-20-32/h2-36H;3-27H,1-2H3. The first-order valence-corrected chi connectivity index (χ1v) is 37.0. The first-order valence-electron chi connectivity index (χ1n) is 37.0. The van der Waals surface area contributed by atoms with Gasteiger partial charge in [0.1, 0.15) is 0 Å². The van der Waals surface area contributed by atoms with Gasteiger partial charge in [-0.15, -0.1) is 0 Å². The van der Waals surface area contributed by atoms with Crippen LogP contribution in [0.15, 0.2) is 364 Å². The maximum Gasteiger partial charge on any atom is 0.189 e. The molecule has 4 heterocycles. The predicted molar refractivity (Wildman–Crippen MR) is 447 cm³/mol. The van der Waals surface area contributed by atoms with Crippen LogP contribution in [0.2, 0.25) is 0 Å². The molecule has 2 aliphatic carbocycles. The molecule has 0 spiro atoms. The van der Waals surface area contributed by atoms with Crippen LogP contribution < -0.4 is 0 Å². The molecule has 108 heavy (non-hydrogen) atoms. The van der Waals surface area contributed by atoms with Crippen molar-refractivity contribution in [3.63, 3.8) is 0 Å². The van der Waals surface area contributed by atoms with Crippen LogP contribution in [-0.2, 0) is 10.8 Å². The summed E-state index contributed by atoms with van der Waals surface area (Å²) in [4.78, 5) is 3.71. The van der Waals surface area contributed by atoms with E-state index in [9.17, 15) is 5.26 Å². The first kappa shape index (κ1) is 62.3. The van der Waals surface area contributed by atoms with E-state index in [0.717, 1.165) is 39.1 Å². The highest BCUT2D eigenvalue weighted by atomic mass is 15.0. The van der Waals surface area contributed by atoms with Crippen LogP contribution >= 0.6 is 0 Å². The maximum atomic E-state index is 9.35. The van der Waals surface area contributed by atoms with E-state index in [1.807, 2.05) is 42.5 Å². The van der Waals surface area contributed by atoms with Crippen molar-refractivity contribution in [2.24, 2.45) is 0 Å². The molecule has 0 amide bonds. The van der Waals surface area contributed by atoms with Crippen LogP contribution in [0.1, 0.15) is 52.8 Å². The quantitative estimate of drug-likeness (QED) is 0.140. The third-order valence-electron chi connectivity index (χ3n) is 23.4. The van der Waals surface area contributed by atoms with E-state index >= 15 is 0 Å². The molecule has 0 N–H and O–H groups in total. The van der Waals surface area contributed by atoms with Gasteiger partial charge in [0.15, 0.2) is 5.69 Å². The molecule has 0 saturated heterocycles. The molecule has 0 atom stereocenters. The second kappa shape index (κ2) is 24.1. The number of para-hydroxylation sites is 4. The fourth-order valence-electron chi connectivity index (χ4n) is 18.5. The smallest absolute Gasteiger partial charge is 0.189 e. The van der Waals surface area contributed by atoms with Crippen molar-refractivity contribution in [1.82, 2.24) is 18.3 Å². The van der Waals surface area contributed by atoms with Gasteiger partial charge in [0.25, 0.3) is 0 Å². The maximum absolute atomic E-state index is 9.35. The van der Waals surface area contributed by atoms with E-state index in [4.69, 9.17) is 6.57 Å². The van der Waals surface area contributed by atoms with E-state index in [1.54, 1.807) is 0 Å². The highest BCUT2D eigenvalue weighted by Crippen LogP contribution is 2.57. The number of aromatic nitrogens is 4. The lowest BCUT2D eigenvalue weighted by molar-refractivity contribution is 0.660. The predicted octanol–water partition coefficient (Wildman–Crippen LogP) is 26.2. The highest BCUT2D eigenvalue weighted by Gasteiger charge is 2.46. The number of nitriles is 1. The van der Waals surface area contributed by atoms with E-state index < -0.39 is 5.41 Å². The Labute approximate surface area is 624 Å². The van der Waals surface area contributed by atoms with Gasteiger partial charge < -0.3 is 18.3 Å². The van der Waals surface area contributed by atoms with Crippen molar-refractivity contribution in [3.05, 3.63) is 414 Å². The normalized spacial score (nSPS) is 13.0. The minimum atomic E-state index is -0.433. The minimum absolute atomic E-state index is 0.0182. The molecule has 0 aliphatic heterocycles. The Morgan fingerprint density at radius 1 is 0.269 bits per heavy atom. The summed E-state index contributed by atoms with van der Waals surface area (Å²) in [6, 6.07) is 134. The number of nitrogens with zero attached hydrogens (tertiary/aromatic N) is 6. The number of hydrogen-bond donors (Lipinski definition) is 0. The van der Waals surface area contributed by atoms with E-state index in [0.29, 0.717) is 11.3 Å². The molecule has 504 valence electrons. The van der Waals surface area contributed by atoms with Gasteiger partial charge in [-0.05, 0) is 211 Å². The Bertz CT molecular complexity index is 7190. The molecule has 4 aromatic heterocycles. The van der Waals surface area contributed by atoms with Gasteiger partial charge in [-0.1, -0.05) is 244 Å². The average molecular weight is 1380 g/mol. The summed E-state index contributed by atoms with van der Waals surface area (Å²) < 4.78 is 9.44. The van der Waals surface area contributed by atoms with Crippen molar-refractivity contribution in [1.29, 1.82) is 5.26 Å². The summed E-state index contributed by atoms with van der Waals surface area (Å²) in [7, 11) is 0. The fourth-order valence-corrected chi connectivity index (χ4v) is 18.5. The highest BCUT2D eigenvalue weighted by molar-refractivity contribution is 6.15. The number of fused-ring (bicyclic) bond motifs is 18. The zero-order valence-electron chi connectivity index (χ0n) is 59.3. The Balaban J connectivity index is 0.000000140. The summed E-state index contributed by atoms with van der Waals surface area (Å²) in [5, 5.41) is 19.1.